The van der Waals surface area contributed by atoms with E-state index in [1.165, 1.54) is 4.90 Å². The molecule has 3 aromatic rings. The molecular formula is C23H28ClN4O2+. The maximum absolute atomic E-state index is 13.2. The number of benzene rings is 2. The van der Waals surface area contributed by atoms with Crippen LogP contribution < -0.4 is 9.64 Å². The highest BCUT2D eigenvalue weighted by molar-refractivity contribution is 6.30. The molecule has 30 heavy (non-hydrogen) atoms. The Morgan fingerprint density at radius 1 is 1.20 bits per heavy atom. The zero-order chi connectivity index (χ0) is 21.5. The summed E-state index contributed by atoms with van der Waals surface area (Å²) in [6, 6.07) is 15.0. The van der Waals surface area contributed by atoms with Crippen LogP contribution in [-0.4, -0.2) is 54.7 Å². The van der Waals surface area contributed by atoms with Gasteiger partial charge < -0.3 is 19.1 Å². The minimum Gasteiger partial charge on any atom is -0.497 e. The van der Waals surface area contributed by atoms with Gasteiger partial charge in [0.1, 0.15) is 11.6 Å². The molecule has 3 rings (SSSR count). The minimum atomic E-state index is -0.0242. The van der Waals surface area contributed by atoms with Gasteiger partial charge in [0.2, 0.25) is 0 Å². The summed E-state index contributed by atoms with van der Waals surface area (Å²) in [5.74, 6) is 1.64. The molecule has 158 valence electrons. The number of nitrogens with zero attached hydrogens (tertiary/aromatic N) is 3. The molecule has 1 amide bonds. The highest BCUT2D eigenvalue weighted by Crippen LogP contribution is 2.16. The number of halogens is 1. The van der Waals surface area contributed by atoms with Crippen LogP contribution in [-0.2, 0) is 13.1 Å². The number of aromatic nitrogens is 2. The Hall–Kier alpha value is -2.83. The third-order valence-corrected chi connectivity index (χ3v) is 5.13. The number of nitrogens with one attached hydrogen (secondary N) is 1. The van der Waals surface area contributed by atoms with Crippen LogP contribution >= 0.6 is 11.6 Å². The maximum Gasteiger partial charge on any atom is 0.254 e. The van der Waals surface area contributed by atoms with Crippen molar-refractivity contribution in [1.29, 1.82) is 0 Å². The van der Waals surface area contributed by atoms with E-state index >= 15 is 0 Å². The normalized spacial score (nSPS) is 11.0. The van der Waals surface area contributed by atoms with E-state index in [0.29, 0.717) is 30.2 Å². The first-order chi connectivity index (χ1) is 14.5. The second kappa shape index (κ2) is 10.3. The van der Waals surface area contributed by atoms with Gasteiger partial charge in [-0.3, -0.25) is 4.79 Å². The van der Waals surface area contributed by atoms with E-state index in [0.717, 1.165) is 23.7 Å². The first kappa shape index (κ1) is 21.9. The first-order valence-electron chi connectivity index (χ1n) is 9.93. The number of hydrogen-bond acceptors (Lipinski definition) is 3. The van der Waals surface area contributed by atoms with Crippen molar-refractivity contribution < 1.29 is 14.4 Å². The Balaban J connectivity index is 1.79. The van der Waals surface area contributed by atoms with E-state index in [2.05, 4.69) is 29.7 Å². The van der Waals surface area contributed by atoms with Crippen LogP contribution in [0.25, 0.3) is 0 Å². The van der Waals surface area contributed by atoms with Gasteiger partial charge >= 0.3 is 0 Å². The maximum atomic E-state index is 13.2. The summed E-state index contributed by atoms with van der Waals surface area (Å²) in [6.45, 7) is 2.58. The number of carbonyl (C=O) groups excluding carboxylic acids is 1. The molecule has 0 atom stereocenters. The summed E-state index contributed by atoms with van der Waals surface area (Å²) in [5, 5.41) is 0.615. The van der Waals surface area contributed by atoms with Crippen LogP contribution in [0.3, 0.4) is 0 Å². The fourth-order valence-electron chi connectivity index (χ4n) is 3.16. The van der Waals surface area contributed by atoms with E-state index in [1.807, 2.05) is 29.3 Å². The molecular weight excluding hydrogens is 400 g/mol. The van der Waals surface area contributed by atoms with Gasteiger partial charge in [0.15, 0.2) is 0 Å². The second-order valence-corrected chi connectivity index (χ2v) is 7.95. The lowest BCUT2D eigenvalue weighted by Crippen LogP contribution is -3.06. The summed E-state index contributed by atoms with van der Waals surface area (Å²) in [7, 11) is 5.82. The Bertz CT molecular complexity index is 969. The number of amides is 1. The molecule has 0 unspecified atom stereocenters. The molecule has 1 N–H and O–H groups in total. The number of hydrogen-bond donors (Lipinski definition) is 1. The van der Waals surface area contributed by atoms with E-state index in [1.54, 1.807) is 37.6 Å². The van der Waals surface area contributed by atoms with E-state index in [9.17, 15) is 4.79 Å². The molecule has 7 heteroatoms. The molecule has 1 aromatic heterocycles. The third kappa shape index (κ3) is 5.84. The second-order valence-electron chi connectivity index (χ2n) is 7.51. The average molecular weight is 428 g/mol. The molecule has 0 bridgehead atoms. The molecule has 2 aromatic carbocycles. The van der Waals surface area contributed by atoms with Crippen molar-refractivity contribution in [2.45, 2.75) is 13.1 Å². The van der Waals surface area contributed by atoms with Gasteiger partial charge in [0.25, 0.3) is 5.91 Å². The fourth-order valence-corrected chi connectivity index (χ4v) is 3.29. The first-order valence-corrected chi connectivity index (χ1v) is 10.3. The molecule has 0 aliphatic carbocycles. The van der Waals surface area contributed by atoms with Crippen molar-refractivity contribution in [1.82, 2.24) is 14.5 Å². The quantitative estimate of drug-likeness (QED) is 0.570. The summed E-state index contributed by atoms with van der Waals surface area (Å²) < 4.78 is 7.39. The lowest BCUT2D eigenvalue weighted by molar-refractivity contribution is -0.857. The number of likely N-dealkylation sites (N-methyl/N-ethyl adjacent to an activating group) is 1. The third-order valence-electron chi connectivity index (χ3n) is 4.88. The van der Waals surface area contributed by atoms with Crippen molar-refractivity contribution in [3.63, 3.8) is 0 Å². The van der Waals surface area contributed by atoms with Crippen molar-refractivity contribution in [2.24, 2.45) is 0 Å². The fraction of sp³-hybridized carbons (Fsp3) is 0.304. The molecule has 1 heterocycles. The van der Waals surface area contributed by atoms with E-state index in [4.69, 9.17) is 16.3 Å². The van der Waals surface area contributed by atoms with Crippen LogP contribution in [0.2, 0.25) is 5.02 Å². The molecule has 0 spiro atoms. The van der Waals surface area contributed by atoms with Gasteiger partial charge in [-0.15, -0.1) is 0 Å². The van der Waals surface area contributed by atoms with Gasteiger partial charge in [0.05, 0.1) is 40.8 Å². The van der Waals surface area contributed by atoms with Crippen LogP contribution in [0.5, 0.6) is 5.75 Å². The topological polar surface area (TPSA) is 51.8 Å². The van der Waals surface area contributed by atoms with Crippen LogP contribution in [0.1, 0.15) is 21.7 Å². The summed E-state index contributed by atoms with van der Waals surface area (Å²) in [5.41, 5.74) is 1.74. The minimum absolute atomic E-state index is 0.0242. The lowest BCUT2D eigenvalue weighted by atomic mass is 10.2. The number of methoxy groups -OCH3 is 1. The van der Waals surface area contributed by atoms with Crippen LogP contribution in [0.15, 0.2) is 60.9 Å². The molecule has 0 aliphatic heterocycles. The Labute approximate surface area is 182 Å². The molecule has 0 saturated carbocycles. The standard InChI is InChI=1S/C23H27ClN4O2/c1-26(2)13-14-28(23(29)19-7-9-20(24)10-8-19)17-22-25-11-12-27(22)16-18-5-4-6-21(15-18)30-3/h4-12,15H,13-14,16-17H2,1-3H3/p+1. The SMILES string of the molecule is COc1cccc(Cn2ccnc2CN(CC[NH+](C)C)C(=O)c2ccc(Cl)cc2)c1. The smallest absolute Gasteiger partial charge is 0.254 e. The number of carbonyl (C=O) groups is 1. The zero-order valence-corrected chi connectivity index (χ0v) is 18.4. The molecule has 0 fully saturated rings. The molecule has 0 radical (unpaired) electrons. The number of rotatable bonds is 9. The molecule has 6 nitrogen and oxygen atoms in total. The number of quaternary nitrogens is 1. The Morgan fingerprint density at radius 3 is 2.67 bits per heavy atom. The number of imidazole rings is 1. The van der Waals surface area contributed by atoms with Gasteiger partial charge in [0, 0.05) is 29.5 Å². The van der Waals surface area contributed by atoms with E-state index in [-0.39, 0.29) is 5.91 Å². The predicted molar refractivity (Wildman–Crippen MR) is 118 cm³/mol. The number of ether oxygens (including phenoxy) is 1. The van der Waals surface area contributed by atoms with Crippen LogP contribution in [0.4, 0.5) is 0 Å². The predicted octanol–water partition coefficient (Wildman–Crippen LogP) is 2.38. The Morgan fingerprint density at radius 2 is 1.97 bits per heavy atom. The summed E-state index contributed by atoms with van der Waals surface area (Å²) >= 11 is 5.98. The average Bonchev–Trinajstić information content (AvgIpc) is 3.17. The highest BCUT2D eigenvalue weighted by Gasteiger charge is 2.19. The summed E-state index contributed by atoms with van der Waals surface area (Å²) in [4.78, 5) is 20.8. The lowest BCUT2D eigenvalue weighted by Gasteiger charge is -2.23. The van der Waals surface area contributed by atoms with Crippen LogP contribution in [0, 0.1) is 0 Å². The zero-order valence-electron chi connectivity index (χ0n) is 17.6. The van der Waals surface area contributed by atoms with Crippen molar-refractivity contribution in [3.05, 3.63) is 82.9 Å². The van der Waals surface area contributed by atoms with Gasteiger partial charge in [-0.05, 0) is 42.0 Å². The van der Waals surface area contributed by atoms with E-state index < -0.39 is 0 Å². The molecule has 0 aliphatic rings. The van der Waals surface area contributed by atoms with Crippen molar-refractivity contribution in [2.75, 3.05) is 34.3 Å². The summed E-state index contributed by atoms with van der Waals surface area (Å²) in [6.07, 6.45) is 3.72. The monoisotopic (exact) mass is 427 g/mol. The van der Waals surface area contributed by atoms with Gasteiger partial charge in [-0.1, -0.05) is 23.7 Å². The van der Waals surface area contributed by atoms with Gasteiger partial charge in [-0.25, -0.2) is 4.98 Å². The van der Waals surface area contributed by atoms with Crippen molar-refractivity contribution >= 4 is 17.5 Å². The highest BCUT2D eigenvalue weighted by atomic mass is 35.5. The van der Waals surface area contributed by atoms with Gasteiger partial charge in [-0.2, -0.15) is 0 Å². The molecule has 0 saturated heterocycles. The Kier molecular flexibility index (Phi) is 7.49. The van der Waals surface area contributed by atoms with Crippen molar-refractivity contribution in [3.8, 4) is 5.75 Å². The largest absolute Gasteiger partial charge is 0.497 e.